The van der Waals surface area contributed by atoms with Crippen molar-refractivity contribution in [3.05, 3.63) is 42.4 Å². The van der Waals surface area contributed by atoms with Gasteiger partial charge in [-0.25, -0.2) is 32.2 Å². The van der Waals surface area contributed by atoms with E-state index < -0.39 is 28.3 Å². The first-order valence-corrected chi connectivity index (χ1v) is 11.9. The van der Waals surface area contributed by atoms with Gasteiger partial charge in [-0.05, 0) is 32.0 Å². The van der Waals surface area contributed by atoms with Gasteiger partial charge in [0.2, 0.25) is 0 Å². The van der Waals surface area contributed by atoms with Crippen LogP contribution in [0.5, 0.6) is 0 Å². The summed E-state index contributed by atoms with van der Waals surface area (Å²) in [7, 11) is -2.48. The third-order valence-corrected chi connectivity index (χ3v) is 6.49. The molecule has 3 aromatic rings. The zero-order chi connectivity index (χ0) is 23.4. The maximum Gasteiger partial charge on any atom is 0.265 e. The zero-order valence-electron chi connectivity index (χ0n) is 18.2. The van der Waals surface area contributed by atoms with Gasteiger partial charge in [-0.2, -0.15) is 0 Å². The van der Waals surface area contributed by atoms with Crippen LogP contribution >= 0.6 is 0 Å². The van der Waals surface area contributed by atoms with Gasteiger partial charge in [0.05, 0.1) is 24.2 Å². The predicted molar refractivity (Wildman–Crippen MR) is 118 cm³/mol. The van der Waals surface area contributed by atoms with Crippen LogP contribution in [-0.2, 0) is 15.4 Å². The topological polar surface area (TPSA) is 92.9 Å². The molecule has 2 fully saturated rings. The molecule has 0 saturated carbocycles. The van der Waals surface area contributed by atoms with Gasteiger partial charge in [0, 0.05) is 37.6 Å². The van der Waals surface area contributed by atoms with E-state index in [4.69, 9.17) is 9.72 Å². The van der Waals surface area contributed by atoms with Crippen molar-refractivity contribution in [1.29, 1.82) is 0 Å². The highest BCUT2D eigenvalue weighted by Gasteiger charge is 2.52. The van der Waals surface area contributed by atoms with Gasteiger partial charge in [-0.1, -0.05) is 0 Å². The molecule has 0 aromatic carbocycles. The highest BCUT2D eigenvalue weighted by atomic mass is 32.2. The molecule has 3 aromatic heterocycles. The minimum Gasteiger partial charge on any atom is -0.363 e. The second-order valence-corrected chi connectivity index (χ2v) is 10.2. The molecule has 0 unspecified atom stereocenters. The number of rotatable bonds is 5. The van der Waals surface area contributed by atoms with Crippen molar-refractivity contribution in [2.24, 2.45) is 0 Å². The first-order valence-electron chi connectivity index (χ1n) is 10.5. The van der Waals surface area contributed by atoms with Crippen molar-refractivity contribution in [3.63, 3.8) is 0 Å². The summed E-state index contributed by atoms with van der Waals surface area (Å²) >= 11 is 0. The van der Waals surface area contributed by atoms with Crippen LogP contribution in [0.4, 0.5) is 14.6 Å². The highest BCUT2D eigenvalue weighted by molar-refractivity contribution is 7.72. The minimum atomic E-state index is -2.59. The van der Waals surface area contributed by atoms with E-state index in [1.54, 1.807) is 28.9 Å². The molecule has 33 heavy (non-hydrogen) atoms. The largest absolute Gasteiger partial charge is 0.363 e. The number of fused-ring (bicyclic) bond motifs is 1. The van der Waals surface area contributed by atoms with Gasteiger partial charge in [-0.3, -0.25) is 9.30 Å². The Hall–Kier alpha value is -2.70. The lowest BCUT2D eigenvalue weighted by molar-refractivity contribution is -0.209. The molecule has 0 radical (unpaired) electrons. The summed E-state index contributed by atoms with van der Waals surface area (Å²) in [5.74, 6) is 1.08. The van der Waals surface area contributed by atoms with E-state index >= 15 is 0 Å². The van der Waals surface area contributed by atoms with Crippen LogP contribution in [0.2, 0.25) is 0 Å². The number of ether oxygens (including phenoxy) is 1. The lowest BCUT2D eigenvalue weighted by atomic mass is 9.89. The first kappa shape index (κ1) is 22.1. The Morgan fingerprint density at radius 2 is 1.91 bits per heavy atom. The van der Waals surface area contributed by atoms with E-state index in [0.717, 1.165) is 0 Å². The van der Waals surface area contributed by atoms with Gasteiger partial charge in [-0.15, -0.1) is 0 Å². The number of thiol groups is 1. The van der Waals surface area contributed by atoms with Crippen LogP contribution in [-0.4, -0.2) is 75.9 Å². The Morgan fingerprint density at radius 3 is 2.64 bits per heavy atom. The van der Waals surface area contributed by atoms with Crippen LogP contribution < -0.4 is 4.90 Å². The lowest BCUT2D eigenvalue weighted by Gasteiger charge is -2.58. The number of hydrogen-bond acceptors (Lipinski definition) is 8. The summed E-state index contributed by atoms with van der Waals surface area (Å²) in [5, 5.41) is 0. The fourth-order valence-corrected chi connectivity index (χ4v) is 5.34. The Morgan fingerprint density at radius 1 is 1.12 bits per heavy atom. The third kappa shape index (κ3) is 4.30. The molecule has 0 atom stereocenters. The number of aromatic nitrogens is 4. The van der Waals surface area contributed by atoms with Crippen molar-refractivity contribution in [3.8, 4) is 11.5 Å². The van der Waals surface area contributed by atoms with E-state index in [-0.39, 0.29) is 11.4 Å². The van der Waals surface area contributed by atoms with Crippen LogP contribution in [0.1, 0.15) is 25.8 Å². The van der Waals surface area contributed by atoms with Crippen molar-refractivity contribution in [1.82, 2.24) is 24.3 Å². The number of halogens is 2. The Bertz CT molecular complexity index is 1260. The number of imidazole rings is 1. The molecule has 0 amide bonds. The Labute approximate surface area is 191 Å². The molecule has 9 nitrogen and oxygen atoms in total. The number of likely N-dealkylation sites (tertiary alicyclic amines) is 1. The molecule has 5 heterocycles. The average molecular weight is 479 g/mol. The van der Waals surface area contributed by atoms with Gasteiger partial charge < -0.3 is 9.64 Å². The van der Waals surface area contributed by atoms with Gasteiger partial charge in [0.15, 0.2) is 16.5 Å². The third-order valence-electron chi connectivity index (χ3n) is 5.86. The van der Waals surface area contributed by atoms with Crippen molar-refractivity contribution < 1.29 is 21.9 Å². The number of anilines is 1. The zero-order valence-corrected chi connectivity index (χ0v) is 19.1. The SMILES string of the molecule is CC1(C)CN(c2ccnc(-c3cnc4ccc(C(F)F)cn34)n2)CC2(CN(C[SH](=O)=O)C2)O1. The standard InChI is InChI=1S/C21H24F2N6O3S/c1-20(2)9-28(12-21(32-20)10-27(11-21)13-33(30)31)17-5-6-24-19(26-17)15-7-25-16-4-3-14(18(22)23)8-29(15)16/h3-8,18,33H,9-13H2,1-2H3. The molecule has 12 heteroatoms. The summed E-state index contributed by atoms with van der Waals surface area (Å²) < 4.78 is 56.5. The molecular formula is C21H24F2N6O3S. The molecule has 0 bridgehead atoms. The summed E-state index contributed by atoms with van der Waals surface area (Å²) in [6.07, 6.45) is 1.97. The molecule has 0 aliphatic carbocycles. The van der Waals surface area contributed by atoms with Gasteiger partial charge >= 0.3 is 0 Å². The fraction of sp³-hybridized carbons (Fsp3) is 0.476. The monoisotopic (exact) mass is 478 g/mol. The maximum absolute atomic E-state index is 13.2. The van der Waals surface area contributed by atoms with Crippen LogP contribution in [0.3, 0.4) is 0 Å². The molecule has 1 spiro atoms. The molecule has 176 valence electrons. The average Bonchev–Trinajstić information content (AvgIpc) is 3.14. The first-order chi connectivity index (χ1) is 15.6. The second kappa shape index (κ2) is 7.96. The molecule has 2 saturated heterocycles. The summed E-state index contributed by atoms with van der Waals surface area (Å²) in [5.41, 5.74) is -0.00549. The summed E-state index contributed by atoms with van der Waals surface area (Å²) in [6.45, 7) is 6.19. The molecule has 2 aliphatic rings. The summed E-state index contributed by atoms with van der Waals surface area (Å²) in [4.78, 5) is 17.3. The molecule has 2 aliphatic heterocycles. The van der Waals surface area contributed by atoms with E-state index in [1.165, 1.54) is 12.3 Å². The van der Waals surface area contributed by atoms with Crippen molar-refractivity contribution in [2.45, 2.75) is 31.5 Å². The number of nitrogens with zero attached hydrogens (tertiary/aromatic N) is 6. The lowest BCUT2D eigenvalue weighted by Crippen LogP contribution is -2.73. The van der Waals surface area contributed by atoms with E-state index in [9.17, 15) is 17.2 Å². The molecule has 0 N–H and O–H groups in total. The number of pyridine rings is 1. The quantitative estimate of drug-likeness (QED) is 0.557. The fourth-order valence-electron chi connectivity index (χ4n) is 4.81. The smallest absolute Gasteiger partial charge is 0.265 e. The van der Waals surface area contributed by atoms with Crippen LogP contribution in [0, 0.1) is 0 Å². The highest BCUT2D eigenvalue weighted by Crippen LogP contribution is 2.37. The number of alkyl halides is 2. The normalized spacial score (nSPS) is 20.1. The van der Waals surface area contributed by atoms with Gasteiger partial charge in [0.1, 0.15) is 22.8 Å². The predicted octanol–water partition coefficient (Wildman–Crippen LogP) is 1.97. The molecule has 5 rings (SSSR count). The van der Waals surface area contributed by atoms with E-state index in [1.807, 2.05) is 18.7 Å². The van der Waals surface area contributed by atoms with E-state index in [0.29, 0.717) is 49.2 Å². The van der Waals surface area contributed by atoms with Crippen LogP contribution in [0.25, 0.3) is 17.2 Å². The minimum absolute atomic E-state index is 0.0212. The molecular weight excluding hydrogens is 454 g/mol. The summed E-state index contributed by atoms with van der Waals surface area (Å²) in [6, 6.07) is 4.70. The van der Waals surface area contributed by atoms with Crippen molar-refractivity contribution >= 4 is 22.2 Å². The Balaban J connectivity index is 1.44. The van der Waals surface area contributed by atoms with Crippen LogP contribution in [0.15, 0.2) is 36.8 Å². The van der Waals surface area contributed by atoms with Gasteiger partial charge in [0.25, 0.3) is 6.43 Å². The Kier molecular flexibility index (Phi) is 5.33. The number of hydrogen-bond donors (Lipinski definition) is 1. The maximum atomic E-state index is 13.2. The van der Waals surface area contributed by atoms with Crippen molar-refractivity contribution in [2.75, 3.05) is 37.0 Å². The number of morpholine rings is 1. The van der Waals surface area contributed by atoms with E-state index in [2.05, 4.69) is 14.9 Å². The second-order valence-electron chi connectivity index (χ2n) is 9.24.